The molecule has 1 aliphatic heterocycles. The lowest BCUT2D eigenvalue weighted by Gasteiger charge is -2.17. The molecule has 3 aromatic rings. The van der Waals surface area contributed by atoms with Crippen LogP contribution in [0.25, 0.3) is 10.9 Å². The van der Waals surface area contributed by atoms with Crippen LogP contribution in [-0.2, 0) is 21.4 Å². The van der Waals surface area contributed by atoms with Gasteiger partial charge in [-0.1, -0.05) is 0 Å². The molecule has 10 heteroatoms. The van der Waals surface area contributed by atoms with Gasteiger partial charge in [0.05, 0.1) is 30.3 Å². The monoisotopic (exact) mass is 471 g/mol. The molecule has 1 saturated heterocycles. The summed E-state index contributed by atoms with van der Waals surface area (Å²) in [6.07, 6.45) is 1.69. The number of amides is 1. The lowest BCUT2D eigenvalue weighted by molar-refractivity contribution is -0.116. The van der Waals surface area contributed by atoms with Gasteiger partial charge in [0.25, 0.3) is 5.56 Å². The molecular weight excluding hydrogens is 446 g/mol. The molecule has 1 N–H and O–H groups in total. The van der Waals surface area contributed by atoms with E-state index in [9.17, 15) is 18.0 Å². The van der Waals surface area contributed by atoms with Gasteiger partial charge in [-0.15, -0.1) is 0 Å². The molecule has 0 spiro atoms. The number of hydrogen-bond acceptors (Lipinski definition) is 6. The van der Waals surface area contributed by atoms with Crippen molar-refractivity contribution >= 4 is 32.5 Å². The number of nitrogens with one attached hydrogen (secondary N) is 1. The first-order chi connectivity index (χ1) is 15.8. The summed E-state index contributed by atoms with van der Waals surface area (Å²) in [5.41, 5.74) is 0.509. The Morgan fingerprint density at radius 1 is 1.00 bits per heavy atom. The Bertz CT molecular complexity index is 1360. The first-order valence-corrected chi connectivity index (χ1v) is 11.9. The summed E-state index contributed by atoms with van der Waals surface area (Å²) in [5.74, 6) is 0.552. The summed E-state index contributed by atoms with van der Waals surface area (Å²) in [4.78, 5) is 25.5. The molecule has 0 unspecified atom stereocenters. The molecule has 33 heavy (non-hydrogen) atoms. The van der Waals surface area contributed by atoms with Gasteiger partial charge in [-0.3, -0.25) is 14.2 Å². The third kappa shape index (κ3) is 4.57. The highest BCUT2D eigenvalue weighted by Crippen LogP contribution is 2.29. The topological polar surface area (TPSA) is 107 Å². The van der Waals surface area contributed by atoms with Crippen molar-refractivity contribution in [1.29, 1.82) is 0 Å². The van der Waals surface area contributed by atoms with Crippen LogP contribution in [0.15, 0.2) is 58.2 Å². The third-order valence-electron chi connectivity index (χ3n) is 5.65. The van der Waals surface area contributed by atoms with Gasteiger partial charge < -0.3 is 14.8 Å². The fourth-order valence-electron chi connectivity index (χ4n) is 3.93. The minimum absolute atomic E-state index is 0.174. The minimum atomic E-state index is -3.59. The number of ether oxygens (including phenoxy) is 2. The van der Waals surface area contributed by atoms with Gasteiger partial charge in [-0.2, -0.15) is 4.31 Å². The van der Waals surface area contributed by atoms with Crippen molar-refractivity contribution in [2.24, 2.45) is 0 Å². The van der Waals surface area contributed by atoms with Crippen molar-refractivity contribution in [2.75, 3.05) is 32.6 Å². The summed E-state index contributed by atoms with van der Waals surface area (Å²) >= 11 is 0. The number of pyridine rings is 1. The predicted molar refractivity (Wildman–Crippen MR) is 124 cm³/mol. The number of nitrogens with zero attached hydrogens (tertiary/aromatic N) is 2. The van der Waals surface area contributed by atoms with Crippen LogP contribution in [0.4, 0.5) is 5.69 Å². The molecule has 0 aliphatic carbocycles. The van der Waals surface area contributed by atoms with E-state index in [-0.39, 0.29) is 17.0 Å². The first kappa shape index (κ1) is 22.8. The Hall–Kier alpha value is -3.37. The summed E-state index contributed by atoms with van der Waals surface area (Å²) in [7, 11) is -0.589. The number of sulfonamides is 1. The van der Waals surface area contributed by atoms with Crippen LogP contribution < -0.4 is 20.3 Å². The van der Waals surface area contributed by atoms with Gasteiger partial charge >= 0.3 is 0 Å². The van der Waals surface area contributed by atoms with E-state index < -0.39 is 15.9 Å². The van der Waals surface area contributed by atoms with E-state index in [2.05, 4.69) is 5.32 Å². The van der Waals surface area contributed by atoms with Gasteiger partial charge in [-0.05, 0) is 54.6 Å². The van der Waals surface area contributed by atoms with E-state index in [1.165, 1.54) is 35.2 Å². The van der Waals surface area contributed by atoms with Crippen LogP contribution in [0.1, 0.15) is 12.8 Å². The van der Waals surface area contributed by atoms with Crippen molar-refractivity contribution < 1.29 is 22.7 Å². The third-order valence-corrected chi connectivity index (χ3v) is 7.54. The second-order valence-electron chi connectivity index (χ2n) is 7.70. The molecule has 0 bridgehead atoms. The average molecular weight is 472 g/mol. The van der Waals surface area contributed by atoms with E-state index in [1.54, 1.807) is 36.4 Å². The van der Waals surface area contributed by atoms with Crippen LogP contribution in [0.5, 0.6) is 11.5 Å². The number of aromatic nitrogens is 1. The van der Waals surface area contributed by atoms with Gasteiger partial charge in [0, 0.05) is 25.2 Å². The van der Waals surface area contributed by atoms with Crippen molar-refractivity contribution in [3.8, 4) is 11.5 Å². The molecule has 4 rings (SSSR count). The van der Waals surface area contributed by atoms with Gasteiger partial charge in [0.15, 0.2) is 0 Å². The van der Waals surface area contributed by atoms with Crippen LogP contribution >= 0.6 is 0 Å². The molecule has 1 amide bonds. The molecule has 0 saturated carbocycles. The normalized spacial score (nSPS) is 14.4. The highest BCUT2D eigenvalue weighted by Gasteiger charge is 2.27. The van der Waals surface area contributed by atoms with Crippen molar-refractivity contribution in [1.82, 2.24) is 8.87 Å². The molecule has 2 heterocycles. The maximum atomic E-state index is 12.9. The Balaban J connectivity index is 1.63. The van der Waals surface area contributed by atoms with Gasteiger partial charge in [-0.25, -0.2) is 8.42 Å². The predicted octanol–water partition coefficient (Wildman–Crippen LogP) is 2.44. The number of carbonyl (C=O) groups excluding carboxylic acids is 1. The Morgan fingerprint density at radius 3 is 2.45 bits per heavy atom. The molecule has 1 aromatic heterocycles. The van der Waals surface area contributed by atoms with Crippen molar-refractivity contribution in [3.05, 3.63) is 58.9 Å². The van der Waals surface area contributed by atoms with Gasteiger partial charge in [0.2, 0.25) is 15.9 Å². The Kier molecular flexibility index (Phi) is 6.39. The van der Waals surface area contributed by atoms with E-state index in [0.29, 0.717) is 41.2 Å². The van der Waals surface area contributed by atoms with E-state index in [0.717, 1.165) is 12.8 Å². The van der Waals surface area contributed by atoms with E-state index >= 15 is 0 Å². The standard InChI is InChI=1S/C23H25N3O6S/c1-31-17-6-9-21(32-2)19(14-17)24-22(27)15-26-20-8-7-18(13-16(20)5-10-23(26)28)33(29,30)25-11-3-4-12-25/h5-10,13-14H,3-4,11-12,15H2,1-2H3,(H,24,27). The largest absolute Gasteiger partial charge is 0.497 e. The molecular formula is C23H25N3O6S. The summed E-state index contributed by atoms with van der Waals surface area (Å²) in [5, 5.41) is 3.30. The molecule has 1 fully saturated rings. The summed E-state index contributed by atoms with van der Waals surface area (Å²) < 4.78 is 39.0. The number of carbonyl (C=O) groups is 1. The lowest BCUT2D eigenvalue weighted by Crippen LogP contribution is -2.28. The molecule has 2 aromatic carbocycles. The van der Waals surface area contributed by atoms with Crippen molar-refractivity contribution in [2.45, 2.75) is 24.3 Å². The molecule has 1 aliphatic rings. The zero-order valence-electron chi connectivity index (χ0n) is 18.4. The Morgan fingerprint density at radius 2 is 1.76 bits per heavy atom. The maximum absolute atomic E-state index is 12.9. The molecule has 0 atom stereocenters. The zero-order chi connectivity index (χ0) is 23.6. The quantitative estimate of drug-likeness (QED) is 0.567. The first-order valence-electron chi connectivity index (χ1n) is 10.5. The summed E-state index contributed by atoms with van der Waals surface area (Å²) in [6.45, 7) is 0.760. The average Bonchev–Trinajstić information content (AvgIpc) is 3.36. The molecule has 0 radical (unpaired) electrons. The second-order valence-corrected chi connectivity index (χ2v) is 9.64. The smallest absolute Gasteiger partial charge is 0.251 e. The Labute approximate surface area is 191 Å². The van der Waals surface area contributed by atoms with Crippen molar-refractivity contribution in [3.63, 3.8) is 0 Å². The van der Waals surface area contributed by atoms with E-state index in [4.69, 9.17) is 9.47 Å². The summed E-state index contributed by atoms with van der Waals surface area (Å²) in [6, 6.07) is 12.5. The van der Waals surface area contributed by atoms with Gasteiger partial charge in [0.1, 0.15) is 18.0 Å². The maximum Gasteiger partial charge on any atom is 0.251 e. The molecule has 9 nitrogen and oxygen atoms in total. The number of methoxy groups -OCH3 is 2. The van der Waals surface area contributed by atoms with Crippen LogP contribution in [0, 0.1) is 0 Å². The minimum Gasteiger partial charge on any atom is -0.497 e. The number of fused-ring (bicyclic) bond motifs is 1. The lowest BCUT2D eigenvalue weighted by atomic mass is 10.2. The van der Waals surface area contributed by atoms with Crippen LogP contribution in [0.3, 0.4) is 0 Å². The highest BCUT2D eigenvalue weighted by atomic mass is 32.2. The fourth-order valence-corrected chi connectivity index (χ4v) is 5.48. The number of anilines is 1. The number of hydrogen-bond donors (Lipinski definition) is 1. The fraction of sp³-hybridized carbons (Fsp3) is 0.304. The molecule has 174 valence electrons. The highest BCUT2D eigenvalue weighted by molar-refractivity contribution is 7.89. The zero-order valence-corrected chi connectivity index (χ0v) is 19.2. The SMILES string of the molecule is COc1ccc(OC)c(NC(=O)Cn2c(=O)ccc3cc(S(=O)(=O)N4CCCC4)ccc32)c1. The van der Waals surface area contributed by atoms with E-state index in [1.807, 2.05) is 0 Å². The second kappa shape index (κ2) is 9.24. The van der Waals surface area contributed by atoms with Crippen LogP contribution in [0.2, 0.25) is 0 Å². The number of rotatable bonds is 7. The van der Waals surface area contributed by atoms with Crippen LogP contribution in [-0.4, -0.2) is 50.5 Å². The number of benzene rings is 2.